The van der Waals surface area contributed by atoms with Crippen LogP contribution >= 0.6 is 0 Å². The number of piperidine rings is 1. The minimum absolute atomic E-state index is 0.0820. The van der Waals surface area contributed by atoms with Crippen LogP contribution in [0.25, 0.3) is 0 Å². The van der Waals surface area contributed by atoms with Gasteiger partial charge in [-0.05, 0) is 36.5 Å². The van der Waals surface area contributed by atoms with E-state index in [0.717, 1.165) is 24.1 Å². The third-order valence-electron chi connectivity index (χ3n) is 5.06. The van der Waals surface area contributed by atoms with Gasteiger partial charge in [0.25, 0.3) is 11.4 Å². The molecular formula is C19H23N5O4. The van der Waals surface area contributed by atoms with Crippen molar-refractivity contribution in [2.75, 3.05) is 36.4 Å². The monoisotopic (exact) mass is 385 g/mol. The molecule has 0 radical (unpaired) electrons. The number of nitrogens with one attached hydrogen (secondary N) is 1. The average Bonchev–Trinajstić information content (AvgIpc) is 2.72. The van der Waals surface area contributed by atoms with Crippen molar-refractivity contribution in [3.8, 4) is 0 Å². The summed E-state index contributed by atoms with van der Waals surface area (Å²) in [5.41, 5.74) is 8.17. The molecule has 1 heterocycles. The first-order chi connectivity index (χ1) is 13.5. The molecule has 0 bridgehead atoms. The van der Waals surface area contributed by atoms with Crippen LogP contribution in [0, 0.1) is 20.2 Å². The first-order valence-corrected chi connectivity index (χ1v) is 9.21. The largest absolute Gasteiger partial charge is 0.384 e. The van der Waals surface area contributed by atoms with Crippen molar-refractivity contribution in [3.05, 3.63) is 68.3 Å². The molecule has 0 aromatic heterocycles. The Kier molecular flexibility index (Phi) is 6.05. The van der Waals surface area contributed by atoms with Crippen molar-refractivity contribution in [1.29, 1.82) is 0 Å². The minimum Gasteiger partial charge on any atom is -0.384 e. The SMILES string of the molecule is NCCNc1ccc([N+](=O)[O-])c(N2CCC(c3ccc([N+](=O)[O-])cc3)CC2)c1. The maximum atomic E-state index is 11.4. The summed E-state index contributed by atoms with van der Waals surface area (Å²) in [4.78, 5) is 23.5. The van der Waals surface area contributed by atoms with E-state index in [4.69, 9.17) is 5.73 Å². The van der Waals surface area contributed by atoms with Gasteiger partial charge in [0.2, 0.25) is 0 Å². The highest BCUT2D eigenvalue weighted by Gasteiger charge is 2.26. The Morgan fingerprint density at radius 3 is 2.29 bits per heavy atom. The van der Waals surface area contributed by atoms with Crippen LogP contribution in [0.1, 0.15) is 24.3 Å². The van der Waals surface area contributed by atoms with Crippen LogP contribution in [0.15, 0.2) is 42.5 Å². The van der Waals surface area contributed by atoms with E-state index in [1.807, 2.05) is 4.90 Å². The number of anilines is 2. The standard InChI is InChI=1S/C19H23N5O4/c20-9-10-21-16-3-6-18(24(27)28)19(13-16)22-11-7-15(8-12-22)14-1-4-17(5-2-14)23(25)26/h1-6,13,15,21H,7-12,20H2. The molecule has 1 fully saturated rings. The lowest BCUT2D eigenvalue weighted by Gasteiger charge is -2.33. The summed E-state index contributed by atoms with van der Waals surface area (Å²) < 4.78 is 0. The number of non-ortho nitro benzene ring substituents is 1. The Bertz CT molecular complexity index is 848. The summed E-state index contributed by atoms with van der Waals surface area (Å²) >= 11 is 0. The van der Waals surface area contributed by atoms with E-state index in [1.54, 1.807) is 24.3 Å². The van der Waals surface area contributed by atoms with Crippen LogP contribution in [0.4, 0.5) is 22.7 Å². The highest BCUT2D eigenvalue weighted by Crippen LogP contribution is 2.36. The predicted molar refractivity (Wildman–Crippen MR) is 108 cm³/mol. The fraction of sp³-hybridized carbons (Fsp3) is 0.368. The summed E-state index contributed by atoms with van der Waals surface area (Å²) in [5.74, 6) is 0.287. The lowest BCUT2D eigenvalue weighted by Crippen LogP contribution is -2.33. The number of hydrogen-bond acceptors (Lipinski definition) is 7. The van der Waals surface area contributed by atoms with Crippen LogP contribution < -0.4 is 16.0 Å². The van der Waals surface area contributed by atoms with Gasteiger partial charge >= 0.3 is 0 Å². The Morgan fingerprint density at radius 2 is 1.71 bits per heavy atom. The zero-order valence-corrected chi connectivity index (χ0v) is 15.4. The number of nitro benzene ring substituents is 2. The summed E-state index contributed by atoms with van der Waals surface area (Å²) in [6.07, 6.45) is 1.66. The van der Waals surface area contributed by atoms with E-state index in [-0.39, 0.29) is 22.2 Å². The van der Waals surface area contributed by atoms with Crippen LogP contribution in [-0.2, 0) is 0 Å². The Morgan fingerprint density at radius 1 is 1.04 bits per heavy atom. The van der Waals surface area contributed by atoms with Crippen LogP contribution in [-0.4, -0.2) is 36.0 Å². The smallest absolute Gasteiger partial charge is 0.292 e. The number of rotatable bonds is 7. The third kappa shape index (κ3) is 4.37. The predicted octanol–water partition coefficient (Wildman–Crippen LogP) is 3.26. The van der Waals surface area contributed by atoms with Crippen LogP contribution in [0.3, 0.4) is 0 Å². The Labute approximate surface area is 162 Å². The van der Waals surface area contributed by atoms with Crippen molar-refractivity contribution in [1.82, 2.24) is 0 Å². The molecule has 3 rings (SSSR count). The van der Waals surface area contributed by atoms with Crippen LogP contribution in [0.5, 0.6) is 0 Å². The molecule has 0 atom stereocenters. The number of benzene rings is 2. The van der Waals surface area contributed by atoms with Crippen molar-refractivity contribution in [2.45, 2.75) is 18.8 Å². The third-order valence-corrected chi connectivity index (χ3v) is 5.06. The number of nitrogens with zero attached hydrogens (tertiary/aromatic N) is 3. The topological polar surface area (TPSA) is 128 Å². The zero-order valence-electron chi connectivity index (χ0n) is 15.4. The van der Waals surface area contributed by atoms with Gasteiger partial charge in [0.1, 0.15) is 5.69 Å². The maximum absolute atomic E-state index is 11.4. The molecule has 0 amide bonds. The van der Waals surface area contributed by atoms with Gasteiger partial charge < -0.3 is 16.0 Å². The summed E-state index contributed by atoms with van der Waals surface area (Å²) in [7, 11) is 0. The van der Waals surface area contributed by atoms with E-state index in [0.29, 0.717) is 31.9 Å². The first kappa shape index (κ1) is 19.6. The molecule has 0 spiro atoms. The highest BCUT2D eigenvalue weighted by atomic mass is 16.6. The van der Waals surface area contributed by atoms with Crippen molar-refractivity contribution < 1.29 is 9.85 Å². The summed E-state index contributed by atoms with van der Waals surface area (Å²) in [5, 5.41) is 25.4. The van der Waals surface area contributed by atoms with E-state index < -0.39 is 4.92 Å². The normalized spacial score (nSPS) is 14.7. The fourth-order valence-electron chi connectivity index (χ4n) is 3.58. The molecule has 28 heavy (non-hydrogen) atoms. The molecule has 1 saturated heterocycles. The zero-order chi connectivity index (χ0) is 20.1. The van der Waals surface area contributed by atoms with Gasteiger partial charge in [-0.15, -0.1) is 0 Å². The molecular weight excluding hydrogens is 362 g/mol. The first-order valence-electron chi connectivity index (χ1n) is 9.21. The minimum atomic E-state index is -0.406. The van der Waals surface area contributed by atoms with Crippen molar-refractivity contribution in [3.63, 3.8) is 0 Å². The quantitative estimate of drug-likeness (QED) is 0.553. The fourth-order valence-corrected chi connectivity index (χ4v) is 3.58. The number of nitro groups is 2. The average molecular weight is 385 g/mol. The second-order valence-electron chi connectivity index (χ2n) is 6.79. The molecule has 1 aliphatic heterocycles. The highest BCUT2D eigenvalue weighted by molar-refractivity contribution is 5.70. The second-order valence-corrected chi connectivity index (χ2v) is 6.79. The Balaban J connectivity index is 1.73. The molecule has 0 unspecified atom stereocenters. The lowest BCUT2D eigenvalue weighted by molar-refractivity contribution is -0.384. The van der Waals surface area contributed by atoms with E-state index in [9.17, 15) is 20.2 Å². The van der Waals surface area contributed by atoms with Gasteiger partial charge in [0.05, 0.1) is 9.85 Å². The van der Waals surface area contributed by atoms with Gasteiger partial charge in [-0.3, -0.25) is 20.2 Å². The van der Waals surface area contributed by atoms with Gasteiger partial charge in [0.15, 0.2) is 0 Å². The molecule has 148 valence electrons. The lowest BCUT2D eigenvalue weighted by atomic mass is 9.89. The second kappa shape index (κ2) is 8.66. The molecule has 3 N–H and O–H groups in total. The molecule has 2 aromatic carbocycles. The van der Waals surface area contributed by atoms with Crippen LogP contribution in [0.2, 0.25) is 0 Å². The Hall–Kier alpha value is -3.20. The number of hydrogen-bond donors (Lipinski definition) is 2. The molecule has 2 aromatic rings. The van der Waals surface area contributed by atoms with Crippen molar-refractivity contribution >= 4 is 22.7 Å². The van der Waals surface area contributed by atoms with E-state index >= 15 is 0 Å². The van der Waals surface area contributed by atoms with Gasteiger partial charge in [-0.25, -0.2) is 0 Å². The molecule has 0 saturated carbocycles. The molecule has 9 nitrogen and oxygen atoms in total. The summed E-state index contributed by atoms with van der Waals surface area (Å²) in [6, 6.07) is 11.7. The molecule has 1 aliphatic rings. The number of nitrogens with two attached hydrogens (primary N) is 1. The van der Waals surface area contributed by atoms with E-state index in [1.165, 1.54) is 18.2 Å². The maximum Gasteiger partial charge on any atom is 0.292 e. The van der Waals surface area contributed by atoms with Gasteiger partial charge in [-0.1, -0.05) is 12.1 Å². The van der Waals surface area contributed by atoms with Crippen molar-refractivity contribution in [2.24, 2.45) is 5.73 Å². The molecule has 9 heteroatoms. The van der Waals surface area contributed by atoms with E-state index in [2.05, 4.69) is 5.32 Å². The van der Waals surface area contributed by atoms with Gasteiger partial charge in [0, 0.05) is 50.1 Å². The molecule has 0 aliphatic carbocycles. The van der Waals surface area contributed by atoms with Gasteiger partial charge in [-0.2, -0.15) is 0 Å². The summed E-state index contributed by atoms with van der Waals surface area (Å²) in [6.45, 7) is 2.44.